The van der Waals surface area contributed by atoms with E-state index in [1.54, 1.807) is 6.07 Å². The van der Waals surface area contributed by atoms with Crippen molar-refractivity contribution in [3.8, 4) is 5.75 Å². The topological polar surface area (TPSA) is 9.23 Å². The van der Waals surface area contributed by atoms with Crippen molar-refractivity contribution in [1.82, 2.24) is 0 Å². The highest BCUT2D eigenvalue weighted by molar-refractivity contribution is 5.41. The number of hydrogen-bond acceptors (Lipinski definition) is 1. The number of aryl methyl sites for hydroxylation is 1. The Morgan fingerprint density at radius 1 is 1.12 bits per heavy atom. The monoisotopic (exact) mass is 242 g/mol. The van der Waals surface area contributed by atoms with Gasteiger partial charge in [0, 0.05) is 0 Å². The Labute approximate surface area is 97.6 Å². The normalized spacial score (nSPS) is 21.6. The molecule has 4 heteroatoms. The van der Waals surface area contributed by atoms with Gasteiger partial charge in [0.15, 0.2) is 0 Å². The Kier molecular flexibility index (Phi) is 2.19. The molecule has 0 saturated heterocycles. The summed E-state index contributed by atoms with van der Waals surface area (Å²) in [6.45, 7) is 0. The lowest BCUT2D eigenvalue weighted by molar-refractivity contribution is -0.138. The number of rotatable bonds is 0. The number of alkyl halides is 3. The van der Waals surface area contributed by atoms with Gasteiger partial charge in [0.25, 0.3) is 0 Å². The summed E-state index contributed by atoms with van der Waals surface area (Å²) in [5.74, 6) is 0.436. The zero-order valence-electron chi connectivity index (χ0n) is 9.31. The Bertz CT molecular complexity index is 446. The fourth-order valence-electron chi connectivity index (χ4n) is 2.60. The van der Waals surface area contributed by atoms with Crippen LogP contribution in [-0.2, 0) is 12.6 Å². The van der Waals surface area contributed by atoms with Crippen LogP contribution >= 0.6 is 0 Å². The van der Waals surface area contributed by atoms with Gasteiger partial charge < -0.3 is 4.74 Å². The minimum Gasteiger partial charge on any atom is -0.487 e. The molecule has 0 amide bonds. The largest absolute Gasteiger partial charge is 0.487 e. The summed E-state index contributed by atoms with van der Waals surface area (Å²) in [7, 11) is 0. The van der Waals surface area contributed by atoms with Crippen LogP contribution in [0.3, 0.4) is 0 Å². The second-order valence-corrected chi connectivity index (χ2v) is 4.96. The molecule has 92 valence electrons. The first kappa shape index (κ1) is 10.9. The molecular weight excluding hydrogens is 229 g/mol. The second kappa shape index (κ2) is 3.40. The van der Waals surface area contributed by atoms with Crippen molar-refractivity contribution in [3.63, 3.8) is 0 Å². The highest BCUT2D eigenvalue weighted by Crippen LogP contribution is 2.46. The molecule has 3 rings (SSSR count). The number of fused-ring (bicyclic) bond motifs is 1. The average Bonchev–Trinajstić information content (AvgIpc) is 2.24. The van der Waals surface area contributed by atoms with Crippen LogP contribution in [-0.4, -0.2) is 5.60 Å². The summed E-state index contributed by atoms with van der Waals surface area (Å²) in [6.07, 6.45) is 0.543. The SMILES string of the molecule is FC(F)(F)c1ccc2c(c1)OC1(CCC1)CC2. The van der Waals surface area contributed by atoms with Crippen LogP contribution in [0, 0.1) is 0 Å². The molecule has 0 N–H and O–H groups in total. The first-order valence-corrected chi connectivity index (χ1v) is 5.88. The van der Waals surface area contributed by atoms with Gasteiger partial charge in [-0.25, -0.2) is 0 Å². The zero-order chi connectivity index (χ0) is 12.1. The molecule has 0 bridgehead atoms. The molecule has 1 aromatic rings. The van der Waals surface area contributed by atoms with Gasteiger partial charge in [0.2, 0.25) is 0 Å². The Morgan fingerprint density at radius 3 is 2.47 bits per heavy atom. The van der Waals surface area contributed by atoms with E-state index in [4.69, 9.17) is 4.74 Å². The van der Waals surface area contributed by atoms with Crippen molar-refractivity contribution in [1.29, 1.82) is 0 Å². The minimum absolute atomic E-state index is 0.156. The van der Waals surface area contributed by atoms with Crippen LogP contribution in [0.5, 0.6) is 5.75 Å². The summed E-state index contributed by atoms with van der Waals surface area (Å²) in [6, 6.07) is 3.83. The van der Waals surface area contributed by atoms with E-state index in [2.05, 4.69) is 0 Å². The Morgan fingerprint density at radius 2 is 1.88 bits per heavy atom. The lowest BCUT2D eigenvalue weighted by atomic mass is 9.74. The van der Waals surface area contributed by atoms with Crippen molar-refractivity contribution < 1.29 is 17.9 Å². The standard InChI is InChI=1S/C13H13F3O/c14-13(15,16)10-3-2-9-4-7-12(5-1-6-12)17-11(9)8-10/h2-3,8H,1,4-7H2. The third-order valence-electron chi connectivity index (χ3n) is 3.84. The lowest BCUT2D eigenvalue weighted by Gasteiger charge is -2.45. The smallest absolute Gasteiger partial charge is 0.416 e. The Hall–Kier alpha value is -1.19. The summed E-state index contributed by atoms with van der Waals surface area (Å²) in [5.41, 5.74) is 0.125. The molecule has 1 heterocycles. The van der Waals surface area contributed by atoms with Gasteiger partial charge in [-0.15, -0.1) is 0 Å². The highest BCUT2D eigenvalue weighted by Gasteiger charge is 2.42. The summed E-state index contributed by atoms with van der Waals surface area (Å²) < 4.78 is 43.6. The molecule has 0 unspecified atom stereocenters. The molecule has 1 aliphatic carbocycles. The molecule has 1 aliphatic heterocycles. The Balaban J connectivity index is 1.94. The van der Waals surface area contributed by atoms with Gasteiger partial charge in [0.05, 0.1) is 5.56 Å². The maximum atomic E-state index is 12.6. The molecule has 2 aliphatic rings. The number of benzene rings is 1. The van der Waals surface area contributed by atoms with E-state index in [0.717, 1.165) is 49.8 Å². The van der Waals surface area contributed by atoms with Gasteiger partial charge in [-0.2, -0.15) is 13.2 Å². The molecule has 0 aromatic heterocycles. The number of halogens is 3. The molecule has 1 saturated carbocycles. The van der Waals surface area contributed by atoms with E-state index in [1.165, 1.54) is 0 Å². The zero-order valence-corrected chi connectivity index (χ0v) is 9.31. The molecule has 1 nitrogen and oxygen atoms in total. The molecular formula is C13H13F3O. The van der Waals surface area contributed by atoms with Crippen molar-refractivity contribution in [2.24, 2.45) is 0 Å². The van der Waals surface area contributed by atoms with Crippen LogP contribution in [0.1, 0.15) is 36.8 Å². The van der Waals surface area contributed by atoms with E-state index >= 15 is 0 Å². The second-order valence-electron chi connectivity index (χ2n) is 4.96. The highest BCUT2D eigenvalue weighted by atomic mass is 19.4. The number of ether oxygens (including phenoxy) is 1. The van der Waals surface area contributed by atoms with E-state index in [-0.39, 0.29) is 5.60 Å². The maximum absolute atomic E-state index is 12.6. The summed E-state index contributed by atoms with van der Waals surface area (Å²) in [4.78, 5) is 0. The molecule has 0 atom stereocenters. The first-order valence-electron chi connectivity index (χ1n) is 5.88. The van der Waals surface area contributed by atoms with Crippen molar-refractivity contribution in [2.75, 3.05) is 0 Å². The first-order chi connectivity index (χ1) is 7.99. The van der Waals surface area contributed by atoms with Gasteiger partial charge in [0.1, 0.15) is 11.4 Å². The van der Waals surface area contributed by atoms with E-state index < -0.39 is 11.7 Å². The van der Waals surface area contributed by atoms with Gasteiger partial charge in [-0.05, 0) is 49.8 Å². The molecule has 0 radical (unpaired) electrons. The van der Waals surface area contributed by atoms with Crippen molar-refractivity contribution in [2.45, 2.75) is 43.9 Å². The van der Waals surface area contributed by atoms with Gasteiger partial charge in [-0.1, -0.05) is 6.07 Å². The minimum atomic E-state index is -4.29. The lowest BCUT2D eigenvalue weighted by Crippen LogP contribution is -2.45. The van der Waals surface area contributed by atoms with E-state index in [1.807, 2.05) is 0 Å². The predicted octanol–water partition coefficient (Wildman–Crippen LogP) is 3.95. The van der Waals surface area contributed by atoms with Crippen molar-refractivity contribution in [3.05, 3.63) is 29.3 Å². The predicted molar refractivity (Wildman–Crippen MR) is 57.0 cm³/mol. The summed E-state index contributed by atoms with van der Waals surface area (Å²) in [5, 5.41) is 0. The third-order valence-corrected chi connectivity index (χ3v) is 3.84. The van der Waals surface area contributed by atoms with Gasteiger partial charge >= 0.3 is 6.18 Å². The fraction of sp³-hybridized carbons (Fsp3) is 0.538. The van der Waals surface area contributed by atoms with E-state index in [9.17, 15) is 13.2 Å². The fourth-order valence-corrected chi connectivity index (χ4v) is 2.60. The van der Waals surface area contributed by atoms with Crippen LogP contribution in [0.25, 0.3) is 0 Å². The molecule has 17 heavy (non-hydrogen) atoms. The molecule has 1 spiro atoms. The third kappa shape index (κ3) is 1.79. The average molecular weight is 242 g/mol. The van der Waals surface area contributed by atoms with Gasteiger partial charge in [-0.3, -0.25) is 0 Å². The van der Waals surface area contributed by atoms with Crippen LogP contribution in [0.2, 0.25) is 0 Å². The van der Waals surface area contributed by atoms with Crippen LogP contribution in [0.15, 0.2) is 18.2 Å². The molecule has 1 fully saturated rings. The van der Waals surface area contributed by atoms with Crippen LogP contribution < -0.4 is 4.74 Å². The van der Waals surface area contributed by atoms with Crippen LogP contribution in [0.4, 0.5) is 13.2 Å². The number of hydrogen-bond donors (Lipinski definition) is 0. The van der Waals surface area contributed by atoms with Crippen molar-refractivity contribution >= 4 is 0 Å². The quantitative estimate of drug-likeness (QED) is 0.669. The maximum Gasteiger partial charge on any atom is 0.416 e. The summed E-state index contributed by atoms with van der Waals surface area (Å²) >= 11 is 0. The molecule has 1 aromatic carbocycles. The van der Waals surface area contributed by atoms with E-state index in [0.29, 0.717) is 5.75 Å².